The second-order valence-electron chi connectivity index (χ2n) is 5.07. The molecule has 96 valence electrons. The van der Waals surface area contributed by atoms with E-state index >= 15 is 0 Å². The highest BCUT2D eigenvalue weighted by atomic mass is 16.2. The smallest absolute Gasteiger partial charge is 0.0431 e. The van der Waals surface area contributed by atoms with E-state index in [0.29, 0.717) is 6.61 Å². The Kier molecular flexibility index (Phi) is 6.32. The van der Waals surface area contributed by atoms with Crippen LogP contribution in [0.1, 0.15) is 51.9 Å². The lowest BCUT2D eigenvalue weighted by Crippen LogP contribution is -2.58. The van der Waals surface area contributed by atoms with Gasteiger partial charge < -0.3 is 16.2 Å². The zero-order valence-corrected chi connectivity index (χ0v) is 10.7. The van der Waals surface area contributed by atoms with Gasteiger partial charge in [-0.3, -0.25) is 0 Å². The van der Waals surface area contributed by atoms with Crippen LogP contribution in [-0.4, -0.2) is 30.3 Å². The van der Waals surface area contributed by atoms with Crippen LogP contribution in [0.5, 0.6) is 0 Å². The highest BCUT2D eigenvalue weighted by Crippen LogP contribution is 2.35. The molecule has 1 saturated carbocycles. The van der Waals surface area contributed by atoms with Gasteiger partial charge in [0.05, 0.1) is 0 Å². The average Bonchev–Trinajstić information content (AvgIpc) is 2.35. The molecule has 16 heavy (non-hydrogen) atoms. The Bertz CT molecular complexity index is 187. The summed E-state index contributed by atoms with van der Waals surface area (Å²) in [6.45, 7) is 4.32. The van der Waals surface area contributed by atoms with Gasteiger partial charge in [-0.05, 0) is 38.1 Å². The Labute approximate surface area is 99.8 Å². The normalized spacial score (nSPS) is 30.6. The SMILES string of the molecule is CCC1CCCCC1(CN)NCCCCO. The van der Waals surface area contributed by atoms with E-state index in [0.717, 1.165) is 31.8 Å². The first kappa shape index (κ1) is 13.9. The van der Waals surface area contributed by atoms with Crippen molar-refractivity contribution in [1.29, 1.82) is 0 Å². The van der Waals surface area contributed by atoms with Crippen LogP contribution in [-0.2, 0) is 0 Å². The van der Waals surface area contributed by atoms with Crippen molar-refractivity contribution in [2.24, 2.45) is 11.7 Å². The minimum absolute atomic E-state index is 0.183. The lowest BCUT2D eigenvalue weighted by atomic mass is 9.71. The van der Waals surface area contributed by atoms with Crippen LogP contribution in [0.15, 0.2) is 0 Å². The summed E-state index contributed by atoms with van der Waals surface area (Å²) in [5.74, 6) is 0.736. The molecule has 0 aromatic heterocycles. The number of hydrogen-bond acceptors (Lipinski definition) is 3. The summed E-state index contributed by atoms with van der Waals surface area (Å²) in [6.07, 6.45) is 8.38. The standard InChI is InChI=1S/C13H28N2O/c1-2-12-7-3-4-8-13(12,11-14)15-9-5-6-10-16/h12,15-16H,2-11,14H2,1H3. The number of aliphatic hydroxyl groups is 1. The number of unbranched alkanes of at least 4 members (excludes halogenated alkanes) is 1. The molecule has 1 aliphatic carbocycles. The van der Waals surface area contributed by atoms with E-state index in [2.05, 4.69) is 12.2 Å². The molecule has 0 bridgehead atoms. The molecule has 2 atom stereocenters. The predicted molar refractivity (Wildman–Crippen MR) is 68.4 cm³/mol. The number of aliphatic hydroxyl groups excluding tert-OH is 1. The van der Waals surface area contributed by atoms with Crippen LogP contribution in [0.4, 0.5) is 0 Å². The first-order valence-electron chi connectivity index (χ1n) is 6.85. The minimum Gasteiger partial charge on any atom is -0.396 e. The molecule has 0 heterocycles. The highest BCUT2D eigenvalue weighted by Gasteiger charge is 2.37. The Hall–Kier alpha value is -0.120. The maximum atomic E-state index is 8.77. The van der Waals surface area contributed by atoms with Crippen molar-refractivity contribution in [2.45, 2.75) is 57.4 Å². The Morgan fingerprint density at radius 3 is 2.81 bits per heavy atom. The quantitative estimate of drug-likeness (QED) is 0.581. The van der Waals surface area contributed by atoms with Gasteiger partial charge in [-0.15, -0.1) is 0 Å². The van der Waals surface area contributed by atoms with Gasteiger partial charge in [0.1, 0.15) is 0 Å². The van der Waals surface area contributed by atoms with E-state index in [4.69, 9.17) is 10.8 Å². The summed E-state index contributed by atoms with van der Waals surface area (Å²) in [5.41, 5.74) is 6.19. The molecule has 3 nitrogen and oxygen atoms in total. The van der Waals surface area contributed by atoms with Crippen LogP contribution in [0.25, 0.3) is 0 Å². The highest BCUT2D eigenvalue weighted by molar-refractivity contribution is 4.97. The van der Waals surface area contributed by atoms with Gasteiger partial charge in [-0.1, -0.05) is 26.2 Å². The number of nitrogens with two attached hydrogens (primary N) is 1. The molecular formula is C13H28N2O. The number of hydrogen-bond donors (Lipinski definition) is 3. The molecule has 1 rings (SSSR count). The molecule has 0 spiro atoms. The molecule has 4 N–H and O–H groups in total. The third-order valence-electron chi connectivity index (χ3n) is 4.13. The molecule has 2 unspecified atom stereocenters. The van der Waals surface area contributed by atoms with Crippen molar-refractivity contribution < 1.29 is 5.11 Å². The lowest BCUT2D eigenvalue weighted by Gasteiger charge is -2.44. The molecule has 1 fully saturated rings. The Morgan fingerprint density at radius 2 is 2.19 bits per heavy atom. The van der Waals surface area contributed by atoms with Gasteiger partial charge in [0.25, 0.3) is 0 Å². The zero-order valence-electron chi connectivity index (χ0n) is 10.7. The molecule has 3 heteroatoms. The molecule has 0 saturated heterocycles. The van der Waals surface area contributed by atoms with Crippen LogP contribution in [0, 0.1) is 5.92 Å². The van der Waals surface area contributed by atoms with Crippen molar-refractivity contribution in [2.75, 3.05) is 19.7 Å². The van der Waals surface area contributed by atoms with Gasteiger partial charge in [0.2, 0.25) is 0 Å². The Balaban J connectivity index is 2.45. The monoisotopic (exact) mass is 228 g/mol. The van der Waals surface area contributed by atoms with Gasteiger partial charge in [0, 0.05) is 18.7 Å². The Morgan fingerprint density at radius 1 is 1.38 bits per heavy atom. The van der Waals surface area contributed by atoms with Crippen LogP contribution >= 0.6 is 0 Å². The zero-order chi connectivity index (χ0) is 11.9. The first-order valence-corrected chi connectivity index (χ1v) is 6.85. The fourth-order valence-corrected chi connectivity index (χ4v) is 3.05. The summed E-state index contributed by atoms with van der Waals surface area (Å²) in [5, 5.41) is 12.5. The first-order chi connectivity index (χ1) is 7.79. The fraction of sp³-hybridized carbons (Fsp3) is 1.00. The summed E-state index contributed by atoms with van der Waals surface area (Å²) < 4.78 is 0. The molecule has 0 aromatic carbocycles. The third-order valence-corrected chi connectivity index (χ3v) is 4.13. The largest absolute Gasteiger partial charge is 0.396 e. The second-order valence-corrected chi connectivity index (χ2v) is 5.07. The summed E-state index contributed by atoms with van der Waals surface area (Å²) in [6, 6.07) is 0. The number of rotatable bonds is 7. The van der Waals surface area contributed by atoms with E-state index in [1.807, 2.05) is 0 Å². The van der Waals surface area contributed by atoms with E-state index < -0.39 is 0 Å². The number of nitrogens with one attached hydrogen (secondary N) is 1. The van der Waals surface area contributed by atoms with E-state index in [9.17, 15) is 0 Å². The fourth-order valence-electron chi connectivity index (χ4n) is 3.05. The summed E-state index contributed by atoms with van der Waals surface area (Å²) in [7, 11) is 0. The summed E-state index contributed by atoms with van der Waals surface area (Å²) in [4.78, 5) is 0. The topological polar surface area (TPSA) is 58.3 Å². The maximum absolute atomic E-state index is 8.77. The average molecular weight is 228 g/mol. The van der Waals surface area contributed by atoms with Crippen molar-refractivity contribution in [3.63, 3.8) is 0 Å². The molecule has 1 aliphatic rings. The van der Waals surface area contributed by atoms with Gasteiger partial charge in [-0.25, -0.2) is 0 Å². The molecule has 0 aromatic rings. The van der Waals surface area contributed by atoms with Gasteiger partial charge in [-0.2, -0.15) is 0 Å². The van der Waals surface area contributed by atoms with Gasteiger partial charge >= 0.3 is 0 Å². The minimum atomic E-state index is 0.183. The van der Waals surface area contributed by atoms with Crippen molar-refractivity contribution in [3.8, 4) is 0 Å². The van der Waals surface area contributed by atoms with E-state index in [-0.39, 0.29) is 5.54 Å². The van der Waals surface area contributed by atoms with Crippen LogP contribution in [0.2, 0.25) is 0 Å². The molecule has 0 amide bonds. The van der Waals surface area contributed by atoms with E-state index in [1.54, 1.807) is 0 Å². The lowest BCUT2D eigenvalue weighted by molar-refractivity contribution is 0.142. The van der Waals surface area contributed by atoms with Crippen molar-refractivity contribution in [1.82, 2.24) is 5.32 Å². The van der Waals surface area contributed by atoms with E-state index in [1.165, 1.54) is 32.1 Å². The summed E-state index contributed by atoms with van der Waals surface area (Å²) >= 11 is 0. The molecule has 0 aliphatic heterocycles. The third kappa shape index (κ3) is 3.44. The van der Waals surface area contributed by atoms with Crippen LogP contribution < -0.4 is 11.1 Å². The molecule has 0 radical (unpaired) electrons. The van der Waals surface area contributed by atoms with Crippen molar-refractivity contribution in [3.05, 3.63) is 0 Å². The predicted octanol–water partition coefficient (Wildman–Crippen LogP) is 1.65. The van der Waals surface area contributed by atoms with Crippen molar-refractivity contribution >= 4 is 0 Å². The second kappa shape index (κ2) is 7.25. The maximum Gasteiger partial charge on any atom is 0.0431 e. The molecular weight excluding hydrogens is 200 g/mol. The van der Waals surface area contributed by atoms with Crippen LogP contribution in [0.3, 0.4) is 0 Å². The van der Waals surface area contributed by atoms with Gasteiger partial charge in [0.15, 0.2) is 0 Å².